The van der Waals surface area contributed by atoms with Crippen LogP contribution in [0.3, 0.4) is 0 Å². The van der Waals surface area contributed by atoms with Gasteiger partial charge in [-0.2, -0.15) is 4.98 Å². The van der Waals surface area contributed by atoms with E-state index in [4.69, 9.17) is 16.2 Å². The largest absolute Gasteiger partial charge is 0.450 e. The molecule has 0 amide bonds. The first-order valence-corrected chi connectivity index (χ1v) is 12.6. The maximum atomic E-state index is 13.9. The van der Waals surface area contributed by atoms with E-state index in [0.29, 0.717) is 35.6 Å². The van der Waals surface area contributed by atoms with E-state index in [2.05, 4.69) is 25.5 Å². The molecule has 3 heterocycles. The van der Waals surface area contributed by atoms with Crippen LogP contribution in [0.1, 0.15) is 30.9 Å². The van der Waals surface area contributed by atoms with Crippen LogP contribution in [0, 0.1) is 17.5 Å². The molecule has 2 aliphatic heterocycles. The molecule has 1 fully saturated rings. The van der Waals surface area contributed by atoms with E-state index in [1.807, 2.05) is 0 Å². The van der Waals surface area contributed by atoms with Crippen molar-refractivity contribution in [3.63, 3.8) is 0 Å². The number of rotatable bonds is 8. The number of nitrogens with zero attached hydrogens (tertiary/aromatic N) is 4. The summed E-state index contributed by atoms with van der Waals surface area (Å²) < 4.78 is 48.2. The molecule has 10 nitrogen and oxygen atoms in total. The average molecular weight is 543 g/mol. The van der Waals surface area contributed by atoms with Crippen molar-refractivity contribution >= 4 is 23.2 Å². The van der Waals surface area contributed by atoms with Gasteiger partial charge < -0.3 is 31.7 Å². The maximum Gasteiger partial charge on any atom is 0.350 e. The van der Waals surface area contributed by atoms with Crippen molar-refractivity contribution in [1.29, 1.82) is 0 Å². The van der Waals surface area contributed by atoms with Gasteiger partial charge in [0.1, 0.15) is 5.82 Å². The van der Waals surface area contributed by atoms with E-state index < -0.39 is 17.5 Å². The molecular formula is C26H29F3N8O2. The molecule has 1 saturated heterocycles. The fourth-order valence-electron chi connectivity index (χ4n) is 4.78. The molecule has 2 aromatic carbocycles. The number of piperidine rings is 1. The van der Waals surface area contributed by atoms with E-state index in [9.17, 15) is 18.0 Å². The number of aromatic nitrogens is 2. The molecule has 0 aliphatic carbocycles. The van der Waals surface area contributed by atoms with Gasteiger partial charge in [-0.05, 0) is 43.5 Å². The highest BCUT2D eigenvalue weighted by Gasteiger charge is 2.25. The normalized spacial score (nSPS) is 15.1. The van der Waals surface area contributed by atoms with Gasteiger partial charge in [0, 0.05) is 44.4 Å². The second kappa shape index (κ2) is 11.2. The highest BCUT2D eigenvalue weighted by Crippen LogP contribution is 2.41. The molecular weight excluding hydrogens is 513 g/mol. The molecule has 13 heteroatoms. The number of hydrogen-bond acceptors (Lipinski definition) is 7. The number of ether oxygens (including phenoxy) is 1. The van der Waals surface area contributed by atoms with Gasteiger partial charge in [0.05, 0.1) is 17.6 Å². The highest BCUT2D eigenvalue weighted by molar-refractivity contribution is 5.75. The third kappa shape index (κ3) is 6.08. The monoisotopic (exact) mass is 542 g/mol. The lowest BCUT2D eigenvalue weighted by atomic mass is 10.0. The van der Waals surface area contributed by atoms with Crippen molar-refractivity contribution < 1.29 is 17.9 Å². The minimum Gasteiger partial charge on any atom is -0.450 e. The van der Waals surface area contributed by atoms with Crippen LogP contribution < -0.4 is 32.5 Å². The molecule has 0 radical (unpaired) electrons. The maximum absolute atomic E-state index is 13.9. The zero-order valence-corrected chi connectivity index (χ0v) is 21.1. The number of halogens is 3. The first kappa shape index (κ1) is 26.4. The second-order valence-electron chi connectivity index (χ2n) is 9.53. The molecule has 6 N–H and O–H groups in total. The Labute approximate surface area is 222 Å². The lowest BCUT2D eigenvalue weighted by Gasteiger charge is -2.33. The van der Waals surface area contributed by atoms with Crippen molar-refractivity contribution in [3.05, 3.63) is 70.0 Å². The Morgan fingerprint density at radius 3 is 2.64 bits per heavy atom. The van der Waals surface area contributed by atoms with Crippen molar-refractivity contribution in [1.82, 2.24) is 14.5 Å². The van der Waals surface area contributed by atoms with Crippen LogP contribution in [0.4, 0.5) is 30.4 Å². The van der Waals surface area contributed by atoms with Crippen LogP contribution in [0.25, 0.3) is 0 Å². The number of aliphatic imine (C=N–C) groups is 1. The fraction of sp³-hybridized carbons (Fsp3) is 0.346. The Hall–Kier alpha value is -4.26. The van der Waals surface area contributed by atoms with Gasteiger partial charge in [-0.3, -0.25) is 9.56 Å². The minimum atomic E-state index is -1.25. The van der Waals surface area contributed by atoms with Crippen molar-refractivity contribution in [2.75, 3.05) is 36.8 Å². The summed E-state index contributed by atoms with van der Waals surface area (Å²) >= 11 is 0. The van der Waals surface area contributed by atoms with E-state index in [1.54, 1.807) is 29.0 Å². The van der Waals surface area contributed by atoms with Crippen LogP contribution >= 0.6 is 0 Å². The predicted octanol–water partition coefficient (Wildman–Crippen LogP) is 3.42. The second-order valence-corrected chi connectivity index (χ2v) is 9.53. The van der Waals surface area contributed by atoms with E-state index in [-0.39, 0.29) is 29.9 Å². The number of benzene rings is 2. The first-order chi connectivity index (χ1) is 18.8. The third-order valence-corrected chi connectivity index (χ3v) is 6.81. The quantitative estimate of drug-likeness (QED) is 0.115. The molecule has 3 aromatic rings. The van der Waals surface area contributed by atoms with Crippen LogP contribution in [-0.4, -0.2) is 46.6 Å². The molecule has 0 unspecified atom stereocenters. The molecule has 1 aromatic heterocycles. The minimum absolute atomic E-state index is 0.0133. The molecule has 0 spiro atoms. The van der Waals surface area contributed by atoms with Crippen LogP contribution in [0.2, 0.25) is 0 Å². The molecule has 0 bridgehead atoms. The lowest BCUT2D eigenvalue weighted by Crippen LogP contribution is -2.38. The van der Waals surface area contributed by atoms with Crippen LogP contribution in [0.15, 0.2) is 46.3 Å². The lowest BCUT2D eigenvalue weighted by molar-refractivity contribution is 0.182. The molecule has 5 rings (SSSR count). The van der Waals surface area contributed by atoms with Gasteiger partial charge in [-0.25, -0.2) is 18.0 Å². The first-order valence-electron chi connectivity index (χ1n) is 12.6. The predicted molar refractivity (Wildman–Crippen MR) is 142 cm³/mol. The topological polar surface area (TPSA) is 136 Å². The summed E-state index contributed by atoms with van der Waals surface area (Å²) in [5, 5.41) is 5.88. The molecule has 0 atom stereocenters. The number of hydrogen-bond donors (Lipinski definition) is 4. The van der Waals surface area contributed by atoms with Gasteiger partial charge in [-0.15, -0.1) is 0 Å². The number of guanidine groups is 1. The summed E-state index contributed by atoms with van der Waals surface area (Å²) in [5.74, 6) is -1.91. The fourth-order valence-corrected chi connectivity index (χ4v) is 4.78. The summed E-state index contributed by atoms with van der Waals surface area (Å²) in [6.07, 6.45) is 4.17. The van der Waals surface area contributed by atoms with Gasteiger partial charge in [0.15, 0.2) is 34.9 Å². The summed E-state index contributed by atoms with van der Waals surface area (Å²) in [6.45, 7) is 3.32. The van der Waals surface area contributed by atoms with E-state index >= 15 is 0 Å². The number of fused-ring (bicyclic) bond motifs is 2. The van der Waals surface area contributed by atoms with Crippen molar-refractivity contribution in [2.45, 2.75) is 31.8 Å². The summed E-state index contributed by atoms with van der Waals surface area (Å²) in [6, 6.07) is 6.53. The highest BCUT2D eigenvalue weighted by atomic mass is 19.2. The Bertz CT molecular complexity index is 1450. The van der Waals surface area contributed by atoms with Gasteiger partial charge in [0.2, 0.25) is 0 Å². The van der Waals surface area contributed by atoms with Crippen LogP contribution in [0.5, 0.6) is 11.5 Å². The SMILES string of the molecule is NC(N)=NCCCN1CCC(n2cc3c(nc2=O)Nc2cc(CNc4cc(F)c(F)cc4F)ccc2O3)CC1. The van der Waals surface area contributed by atoms with Gasteiger partial charge in [-0.1, -0.05) is 6.07 Å². The standard InChI is InChI=1S/C26H29F3N8O2/c27-17-11-19(29)20(12-18(17)28)33-13-15-2-3-22-21(10-15)34-24-23(39-22)14-37(26(38)35-24)16-4-8-36(9-5-16)7-1-6-32-25(30)31/h2-3,10-12,14,16,33H,1,4-9,13H2,(H4,30,31,32)(H,34,35,38). The molecule has 0 saturated carbocycles. The third-order valence-electron chi connectivity index (χ3n) is 6.81. The summed E-state index contributed by atoms with van der Waals surface area (Å²) in [4.78, 5) is 23.4. The smallest absolute Gasteiger partial charge is 0.350 e. The molecule has 2 aliphatic rings. The van der Waals surface area contributed by atoms with Crippen LogP contribution in [-0.2, 0) is 6.54 Å². The Morgan fingerprint density at radius 2 is 1.87 bits per heavy atom. The number of nitrogens with two attached hydrogens (primary N) is 2. The number of anilines is 3. The van der Waals surface area contributed by atoms with Crippen molar-refractivity contribution in [3.8, 4) is 11.5 Å². The van der Waals surface area contributed by atoms with Gasteiger partial charge in [0.25, 0.3) is 0 Å². The zero-order chi connectivity index (χ0) is 27.5. The van der Waals surface area contributed by atoms with Gasteiger partial charge >= 0.3 is 5.69 Å². The Morgan fingerprint density at radius 1 is 1.10 bits per heavy atom. The number of nitrogens with one attached hydrogen (secondary N) is 2. The Balaban J connectivity index is 1.22. The number of likely N-dealkylation sites (tertiary alicyclic amines) is 1. The van der Waals surface area contributed by atoms with E-state index in [1.165, 1.54) is 0 Å². The Kier molecular flexibility index (Phi) is 7.59. The summed E-state index contributed by atoms with van der Waals surface area (Å²) in [7, 11) is 0. The molecule has 39 heavy (non-hydrogen) atoms. The molecule has 206 valence electrons. The zero-order valence-electron chi connectivity index (χ0n) is 21.1. The van der Waals surface area contributed by atoms with Crippen molar-refractivity contribution in [2.24, 2.45) is 16.5 Å². The average Bonchev–Trinajstić information content (AvgIpc) is 2.91. The van der Waals surface area contributed by atoms with E-state index in [0.717, 1.165) is 50.5 Å². The summed E-state index contributed by atoms with van der Waals surface area (Å²) in [5.41, 5.74) is 11.5.